The number of aryl methyl sites for hydroxylation is 2. The molecule has 1 atom stereocenters. The van der Waals surface area contributed by atoms with Gasteiger partial charge in [-0.2, -0.15) is 5.10 Å². The monoisotopic (exact) mass is 405 g/mol. The molecule has 1 aromatic carbocycles. The van der Waals surface area contributed by atoms with Crippen molar-refractivity contribution in [2.24, 2.45) is 0 Å². The highest BCUT2D eigenvalue weighted by Crippen LogP contribution is 2.21. The summed E-state index contributed by atoms with van der Waals surface area (Å²) in [5, 5.41) is 9.13. The molecule has 0 aliphatic rings. The quantitative estimate of drug-likeness (QED) is 0.640. The predicted molar refractivity (Wildman–Crippen MR) is 104 cm³/mol. The van der Waals surface area contributed by atoms with Gasteiger partial charge in [0.05, 0.1) is 17.1 Å². The summed E-state index contributed by atoms with van der Waals surface area (Å²) in [6, 6.07) is 6.74. The van der Waals surface area contributed by atoms with E-state index in [0.29, 0.717) is 11.4 Å². The molecule has 5 nitrogen and oxygen atoms in total. The minimum Gasteiger partial charge on any atom is -0.486 e. The molecule has 0 radical (unpaired) electrons. The highest BCUT2D eigenvalue weighted by atomic mass is 32.1. The molecule has 0 fully saturated rings. The molecule has 28 heavy (non-hydrogen) atoms. The molecule has 1 N–H and O–H groups in total. The standard InChI is InChI=1S/C20H21F2N3O2S/c1-12-6-14(3)25(24-12)9-13(2)23-20(26)19-7-15(11-28-19)10-27-18-5-4-16(21)8-17(18)22/h4-8,11,13H,9-10H2,1-3H3,(H,23,26). The number of nitrogens with zero attached hydrogens (tertiary/aromatic N) is 2. The first-order valence-corrected chi connectivity index (χ1v) is 9.67. The Morgan fingerprint density at radius 2 is 2.07 bits per heavy atom. The number of hydrogen-bond donors (Lipinski definition) is 1. The van der Waals surface area contributed by atoms with Gasteiger partial charge >= 0.3 is 0 Å². The van der Waals surface area contributed by atoms with E-state index in [1.807, 2.05) is 31.5 Å². The Morgan fingerprint density at radius 1 is 1.29 bits per heavy atom. The van der Waals surface area contributed by atoms with Crippen LogP contribution in [0, 0.1) is 25.5 Å². The van der Waals surface area contributed by atoms with Crippen molar-refractivity contribution in [2.75, 3.05) is 0 Å². The predicted octanol–water partition coefficient (Wildman–Crippen LogP) is 4.24. The van der Waals surface area contributed by atoms with Crippen molar-refractivity contribution < 1.29 is 18.3 Å². The molecule has 0 saturated carbocycles. The minimum atomic E-state index is -0.758. The Balaban J connectivity index is 1.55. The van der Waals surface area contributed by atoms with E-state index in [2.05, 4.69) is 10.4 Å². The Hall–Kier alpha value is -2.74. The summed E-state index contributed by atoms with van der Waals surface area (Å²) in [5.74, 6) is -1.63. The van der Waals surface area contributed by atoms with Crippen molar-refractivity contribution >= 4 is 17.2 Å². The Kier molecular flexibility index (Phi) is 6.08. The molecule has 1 unspecified atom stereocenters. The summed E-state index contributed by atoms with van der Waals surface area (Å²) >= 11 is 1.29. The van der Waals surface area contributed by atoms with Crippen molar-refractivity contribution in [1.29, 1.82) is 0 Å². The summed E-state index contributed by atoms with van der Waals surface area (Å²) in [5.41, 5.74) is 2.73. The molecule has 0 spiro atoms. The molecule has 2 heterocycles. The van der Waals surface area contributed by atoms with Gasteiger partial charge in [0.2, 0.25) is 0 Å². The third-order valence-corrected chi connectivity index (χ3v) is 5.07. The maximum atomic E-state index is 13.6. The normalized spacial score (nSPS) is 12.0. The van der Waals surface area contributed by atoms with Gasteiger partial charge in [-0.15, -0.1) is 11.3 Å². The van der Waals surface area contributed by atoms with Gasteiger partial charge in [0, 0.05) is 23.4 Å². The van der Waals surface area contributed by atoms with E-state index in [4.69, 9.17) is 4.74 Å². The highest BCUT2D eigenvalue weighted by Gasteiger charge is 2.14. The average molecular weight is 405 g/mol. The van der Waals surface area contributed by atoms with E-state index in [1.165, 1.54) is 17.4 Å². The number of carbonyl (C=O) groups is 1. The number of amides is 1. The van der Waals surface area contributed by atoms with Crippen molar-refractivity contribution in [2.45, 2.75) is 40.0 Å². The molecule has 1 amide bonds. The topological polar surface area (TPSA) is 56.2 Å². The van der Waals surface area contributed by atoms with E-state index in [0.717, 1.165) is 29.1 Å². The summed E-state index contributed by atoms with van der Waals surface area (Å²) < 4.78 is 33.8. The summed E-state index contributed by atoms with van der Waals surface area (Å²) in [4.78, 5) is 13.0. The fourth-order valence-corrected chi connectivity index (χ4v) is 3.58. The summed E-state index contributed by atoms with van der Waals surface area (Å²) in [7, 11) is 0. The van der Waals surface area contributed by atoms with Crippen molar-refractivity contribution in [3.63, 3.8) is 0 Å². The zero-order valence-electron chi connectivity index (χ0n) is 15.8. The maximum absolute atomic E-state index is 13.6. The SMILES string of the molecule is Cc1cc(C)n(CC(C)NC(=O)c2cc(COc3ccc(F)cc3F)cs2)n1. The number of nitrogens with one attached hydrogen (secondary N) is 1. The molecule has 8 heteroatoms. The zero-order chi connectivity index (χ0) is 20.3. The average Bonchev–Trinajstić information content (AvgIpc) is 3.20. The first kappa shape index (κ1) is 20.0. The van der Waals surface area contributed by atoms with Crippen molar-refractivity contribution in [3.05, 3.63) is 69.2 Å². The zero-order valence-corrected chi connectivity index (χ0v) is 16.6. The third kappa shape index (κ3) is 4.95. The Morgan fingerprint density at radius 3 is 2.75 bits per heavy atom. The molecule has 0 saturated heterocycles. The largest absolute Gasteiger partial charge is 0.486 e. The Bertz CT molecular complexity index is 984. The number of rotatable bonds is 7. The molecular formula is C20H21F2N3O2S. The molecular weight excluding hydrogens is 384 g/mol. The van der Waals surface area contributed by atoms with E-state index < -0.39 is 11.6 Å². The van der Waals surface area contributed by atoms with Crippen LogP contribution in [0.5, 0.6) is 5.75 Å². The van der Waals surface area contributed by atoms with Gasteiger partial charge in [-0.25, -0.2) is 8.78 Å². The number of ether oxygens (including phenoxy) is 1. The fourth-order valence-electron chi connectivity index (χ4n) is 2.78. The highest BCUT2D eigenvalue weighted by molar-refractivity contribution is 7.12. The van der Waals surface area contributed by atoms with Crippen LogP contribution in [-0.4, -0.2) is 21.7 Å². The van der Waals surface area contributed by atoms with E-state index >= 15 is 0 Å². The number of halogens is 2. The van der Waals surface area contributed by atoms with E-state index in [1.54, 1.807) is 11.4 Å². The third-order valence-electron chi connectivity index (χ3n) is 4.09. The van der Waals surface area contributed by atoms with Crippen LogP contribution in [-0.2, 0) is 13.2 Å². The van der Waals surface area contributed by atoms with Crippen LogP contribution in [0.4, 0.5) is 8.78 Å². The van der Waals surface area contributed by atoms with Crippen LogP contribution in [0.25, 0.3) is 0 Å². The second kappa shape index (κ2) is 8.52. The van der Waals surface area contributed by atoms with E-state index in [-0.39, 0.29) is 24.3 Å². The Labute approximate surface area is 166 Å². The lowest BCUT2D eigenvalue weighted by Crippen LogP contribution is -2.35. The van der Waals surface area contributed by atoms with E-state index in [9.17, 15) is 13.6 Å². The van der Waals surface area contributed by atoms with Crippen LogP contribution in [0.2, 0.25) is 0 Å². The lowest BCUT2D eigenvalue weighted by atomic mass is 10.3. The fraction of sp³-hybridized carbons (Fsp3) is 0.300. The number of thiophene rings is 1. The van der Waals surface area contributed by atoms with Crippen LogP contribution in [0.15, 0.2) is 35.7 Å². The van der Waals surface area contributed by atoms with Crippen LogP contribution in [0.3, 0.4) is 0 Å². The minimum absolute atomic E-state index is 0.0305. The lowest BCUT2D eigenvalue weighted by Gasteiger charge is -2.14. The summed E-state index contributed by atoms with van der Waals surface area (Å²) in [6.45, 7) is 6.50. The van der Waals surface area contributed by atoms with Gasteiger partial charge in [0.1, 0.15) is 12.4 Å². The first-order valence-electron chi connectivity index (χ1n) is 8.79. The molecule has 2 aromatic heterocycles. The molecule has 0 aliphatic heterocycles. The molecule has 3 aromatic rings. The molecule has 3 rings (SSSR count). The van der Waals surface area contributed by atoms with Crippen molar-refractivity contribution in [1.82, 2.24) is 15.1 Å². The molecule has 148 valence electrons. The smallest absolute Gasteiger partial charge is 0.261 e. The van der Waals surface area contributed by atoms with Crippen LogP contribution < -0.4 is 10.1 Å². The maximum Gasteiger partial charge on any atom is 0.261 e. The number of carbonyl (C=O) groups excluding carboxylic acids is 1. The van der Waals surface area contributed by atoms with Gasteiger partial charge in [0.25, 0.3) is 5.91 Å². The second-order valence-electron chi connectivity index (χ2n) is 6.67. The van der Waals surface area contributed by atoms with Gasteiger partial charge in [-0.1, -0.05) is 0 Å². The van der Waals surface area contributed by atoms with Gasteiger partial charge in [-0.05, 0) is 50.4 Å². The van der Waals surface area contributed by atoms with Crippen LogP contribution in [0.1, 0.15) is 33.5 Å². The second-order valence-corrected chi connectivity index (χ2v) is 7.58. The summed E-state index contributed by atoms with van der Waals surface area (Å²) in [6.07, 6.45) is 0. The number of hydrogen-bond acceptors (Lipinski definition) is 4. The van der Waals surface area contributed by atoms with Crippen LogP contribution >= 0.6 is 11.3 Å². The first-order chi connectivity index (χ1) is 13.3. The van der Waals surface area contributed by atoms with Gasteiger partial charge < -0.3 is 10.1 Å². The van der Waals surface area contributed by atoms with Gasteiger partial charge in [-0.3, -0.25) is 9.48 Å². The molecule has 0 aliphatic carbocycles. The number of aromatic nitrogens is 2. The lowest BCUT2D eigenvalue weighted by molar-refractivity contribution is 0.0940. The van der Waals surface area contributed by atoms with Crippen molar-refractivity contribution in [3.8, 4) is 5.75 Å². The molecule has 0 bridgehead atoms. The van der Waals surface area contributed by atoms with Gasteiger partial charge in [0.15, 0.2) is 11.6 Å². The number of benzene rings is 1.